The van der Waals surface area contributed by atoms with Gasteiger partial charge in [0.15, 0.2) is 0 Å². The van der Waals surface area contributed by atoms with Crippen molar-refractivity contribution in [2.75, 3.05) is 69.0 Å². The van der Waals surface area contributed by atoms with Crippen molar-refractivity contribution in [1.82, 2.24) is 10.2 Å². The summed E-state index contributed by atoms with van der Waals surface area (Å²) < 4.78 is 6.15. The van der Waals surface area contributed by atoms with E-state index in [2.05, 4.69) is 36.8 Å². The second kappa shape index (κ2) is 11.8. The molecule has 9 heteroatoms. The Morgan fingerprint density at radius 3 is 2.56 bits per heavy atom. The summed E-state index contributed by atoms with van der Waals surface area (Å²) in [6, 6.07) is 12.3. The number of benzene rings is 2. The van der Waals surface area contributed by atoms with Gasteiger partial charge in [-0.2, -0.15) is 0 Å². The van der Waals surface area contributed by atoms with Crippen LogP contribution < -0.4 is 20.9 Å². The molecule has 0 aliphatic carbocycles. The molecule has 1 heterocycles. The number of carbonyl (C=O) groups is 2. The zero-order valence-corrected chi connectivity index (χ0v) is 20.1. The minimum absolute atomic E-state index is 0.162. The highest BCUT2D eigenvalue weighted by molar-refractivity contribution is 9.10. The van der Waals surface area contributed by atoms with Crippen molar-refractivity contribution in [1.29, 1.82) is 0 Å². The molecule has 0 unspecified atom stereocenters. The third-order valence-corrected chi connectivity index (χ3v) is 5.83. The molecule has 1 aliphatic rings. The Morgan fingerprint density at radius 1 is 1.09 bits per heavy atom. The number of nitrogens with zero attached hydrogens (tertiary/aromatic N) is 2. The van der Waals surface area contributed by atoms with Gasteiger partial charge in [-0.15, -0.1) is 0 Å². The van der Waals surface area contributed by atoms with Crippen LogP contribution in [-0.4, -0.2) is 70.3 Å². The lowest BCUT2D eigenvalue weighted by Gasteiger charge is -2.26. The minimum Gasteiger partial charge on any atom is -0.379 e. The predicted octanol–water partition coefficient (Wildman–Crippen LogP) is 3.61. The maximum atomic E-state index is 12.9. The van der Waals surface area contributed by atoms with Crippen molar-refractivity contribution in [3.05, 3.63) is 52.5 Å². The number of nitrogens with one attached hydrogen (secondary N) is 3. The van der Waals surface area contributed by atoms with Crippen LogP contribution in [0.1, 0.15) is 16.8 Å². The Bertz CT molecular complexity index is 932. The van der Waals surface area contributed by atoms with Crippen LogP contribution in [0.4, 0.5) is 21.9 Å². The number of anilines is 3. The van der Waals surface area contributed by atoms with E-state index in [0.717, 1.165) is 49.4 Å². The molecular weight excluding hydrogens is 474 g/mol. The molecule has 1 fully saturated rings. The molecule has 1 saturated heterocycles. The molecule has 2 aromatic carbocycles. The van der Waals surface area contributed by atoms with E-state index in [4.69, 9.17) is 4.74 Å². The van der Waals surface area contributed by atoms with Crippen molar-refractivity contribution in [3.63, 3.8) is 0 Å². The second-order valence-corrected chi connectivity index (χ2v) is 8.60. The lowest BCUT2D eigenvalue weighted by molar-refractivity contribution is 0.0374. The average Bonchev–Trinajstić information content (AvgIpc) is 2.78. The summed E-state index contributed by atoms with van der Waals surface area (Å²) in [5.74, 6) is -0.162. The van der Waals surface area contributed by atoms with Crippen LogP contribution >= 0.6 is 15.9 Å². The summed E-state index contributed by atoms with van der Waals surface area (Å²) in [5.41, 5.74) is 2.50. The molecule has 1 aliphatic heterocycles. The van der Waals surface area contributed by atoms with Gasteiger partial charge in [-0.1, -0.05) is 12.1 Å². The molecule has 172 valence electrons. The zero-order chi connectivity index (χ0) is 22.9. The highest BCUT2D eigenvalue weighted by Crippen LogP contribution is 2.24. The van der Waals surface area contributed by atoms with E-state index in [9.17, 15) is 9.59 Å². The number of morpholine rings is 1. The van der Waals surface area contributed by atoms with Crippen molar-refractivity contribution in [3.8, 4) is 0 Å². The zero-order valence-electron chi connectivity index (χ0n) is 18.5. The van der Waals surface area contributed by atoms with E-state index in [1.807, 2.05) is 43.3 Å². The topological polar surface area (TPSA) is 85.9 Å². The van der Waals surface area contributed by atoms with Gasteiger partial charge in [0.2, 0.25) is 0 Å². The van der Waals surface area contributed by atoms with Gasteiger partial charge in [0.05, 0.1) is 24.5 Å². The Hall–Kier alpha value is -2.62. The van der Waals surface area contributed by atoms with Gasteiger partial charge in [0.1, 0.15) is 0 Å². The van der Waals surface area contributed by atoms with Crippen LogP contribution in [0, 0.1) is 0 Å². The third-order valence-electron chi connectivity index (χ3n) is 5.14. The van der Waals surface area contributed by atoms with Crippen molar-refractivity contribution in [2.45, 2.75) is 6.42 Å². The van der Waals surface area contributed by atoms with Gasteiger partial charge in [0, 0.05) is 49.6 Å². The first-order chi connectivity index (χ1) is 15.4. The van der Waals surface area contributed by atoms with Gasteiger partial charge in [0.25, 0.3) is 5.91 Å². The number of carbonyl (C=O) groups excluding carboxylic acids is 2. The largest absolute Gasteiger partial charge is 0.379 e. The highest BCUT2D eigenvalue weighted by Gasteiger charge is 2.16. The lowest BCUT2D eigenvalue weighted by Crippen LogP contribution is -2.38. The van der Waals surface area contributed by atoms with Gasteiger partial charge < -0.3 is 25.6 Å². The maximum Gasteiger partial charge on any atom is 0.323 e. The molecule has 3 amide bonds. The van der Waals surface area contributed by atoms with Crippen molar-refractivity contribution >= 4 is 44.9 Å². The normalized spacial score (nSPS) is 14.0. The van der Waals surface area contributed by atoms with E-state index < -0.39 is 0 Å². The lowest BCUT2D eigenvalue weighted by atomic mass is 10.1. The van der Waals surface area contributed by atoms with E-state index >= 15 is 0 Å². The molecule has 0 radical (unpaired) electrons. The smallest absolute Gasteiger partial charge is 0.323 e. The fourth-order valence-corrected chi connectivity index (χ4v) is 3.84. The Kier molecular flexibility index (Phi) is 8.90. The highest BCUT2D eigenvalue weighted by atomic mass is 79.9. The summed E-state index contributed by atoms with van der Waals surface area (Å²) in [6.07, 6.45) is 0.870. The molecule has 32 heavy (non-hydrogen) atoms. The number of hydrogen-bond acceptors (Lipinski definition) is 5. The van der Waals surface area contributed by atoms with Crippen LogP contribution in [0.2, 0.25) is 0 Å². The Labute approximate surface area is 197 Å². The van der Waals surface area contributed by atoms with Crippen LogP contribution in [0.25, 0.3) is 0 Å². The molecule has 0 saturated carbocycles. The summed E-state index contributed by atoms with van der Waals surface area (Å²) in [7, 11) is 3.77. The molecule has 8 nitrogen and oxygen atoms in total. The fraction of sp³-hybridized carbons (Fsp3) is 0.391. The Morgan fingerprint density at radius 2 is 1.84 bits per heavy atom. The quantitative estimate of drug-likeness (QED) is 0.479. The van der Waals surface area contributed by atoms with Gasteiger partial charge >= 0.3 is 6.03 Å². The fourth-order valence-electron chi connectivity index (χ4n) is 3.46. The number of halogens is 1. The van der Waals surface area contributed by atoms with E-state index in [1.54, 1.807) is 18.2 Å². The van der Waals surface area contributed by atoms with Gasteiger partial charge in [-0.05, 0) is 59.2 Å². The molecule has 0 atom stereocenters. The summed E-state index contributed by atoms with van der Waals surface area (Å²) in [4.78, 5) is 29.5. The molecule has 3 rings (SSSR count). The molecule has 0 aromatic heterocycles. The standard InChI is InChI=1S/C23H30BrN5O3/c1-28(2)21-9-8-17(26-23(31)27-20-7-4-3-6-19(20)24)16-18(21)22(30)25-10-5-11-29-12-14-32-15-13-29/h3-4,6-9,16H,5,10-15H2,1-2H3,(H,25,30)(H2,26,27,31). The third kappa shape index (κ3) is 6.94. The SMILES string of the molecule is CN(C)c1ccc(NC(=O)Nc2ccccc2Br)cc1C(=O)NCCCN1CCOCC1. The Balaban J connectivity index is 1.59. The number of para-hydroxylation sites is 1. The van der Waals surface area contributed by atoms with Crippen molar-refractivity contribution in [2.24, 2.45) is 0 Å². The number of rotatable bonds is 8. The number of urea groups is 1. The first-order valence-electron chi connectivity index (χ1n) is 10.7. The maximum absolute atomic E-state index is 12.9. The number of ether oxygens (including phenoxy) is 1. The molecular formula is C23H30BrN5O3. The van der Waals surface area contributed by atoms with Crippen LogP contribution in [-0.2, 0) is 4.74 Å². The first-order valence-corrected chi connectivity index (χ1v) is 11.5. The molecule has 0 bridgehead atoms. The van der Waals surface area contributed by atoms with E-state index in [-0.39, 0.29) is 11.9 Å². The van der Waals surface area contributed by atoms with Gasteiger partial charge in [-0.3, -0.25) is 9.69 Å². The minimum atomic E-state index is -0.383. The summed E-state index contributed by atoms with van der Waals surface area (Å²) >= 11 is 3.41. The second-order valence-electron chi connectivity index (χ2n) is 7.75. The average molecular weight is 504 g/mol. The predicted molar refractivity (Wildman–Crippen MR) is 132 cm³/mol. The van der Waals surface area contributed by atoms with Crippen LogP contribution in [0.15, 0.2) is 46.9 Å². The number of hydrogen-bond donors (Lipinski definition) is 3. The van der Waals surface area contributed by atoms with Gasteiger partial charge in [-0.25, -0.2) is 4.79 Å². The van der Waals surface area contributed by atoms with Crippen LogP contribution in [0.3, 0.4) is 0 Å². The summed E-state index contributed by atoms with van der Waals surface area (Å²) in [6.45, 7) is 4.94. The first kappa shape index (κ1) is 24.0. The molecule has 2 aromatic rings. The number of amides is 3. The van der Waals surface area contributed by atoms with E-state index in [0.29, 0.717) is 23.5 Å². The van der Waals surface area contributed by atoms with E-state index in [1.165, 1.54) is 0 Å². The van der Waals surface area contributed by atoms with Crippen LogP contribution in [0.5, 0.6) is 0 Å². The molecule has 0 spiro atoms. The molecule has 3 N–H and O–H groups in total. The monoisotopic (exact) mass is 503 g/mol. The summed E-state index contributed by atoms with van der Waals surface area (Å²) in [5, 5.41) is 8.60. The van der Waals surface area contributed by atoms with Crippen molar-refractivity contribution < 1.29 is 14.3 Å².